The van der Waals surface area contributed by atoms with Crippen LogP contribution in [0.4, 0.5) is 16.3 Å². The molecule has 3 rings (SSSR count). The molecule has 5 nitrogen and oxygen atoms in total. The molecule has 1 aromatic carbocycles. The molecule has 2 atom stereocenters. The molecule has 3 N–H and O–H groups in total. The van der Waals surface area contributed by atoms with Crippen molar-refractivity contribution >= 4 is 11.9 Å². The molecule has 1 aromatic heterocycles. The fourth-order valence-electron chi connectivity index (χ4n) is 2.86. The zero-order chi connectivity index (χ0) is 15.5. The summed E-state index contributed by atoms with van der Waals surface area (Å²) in [6, 6.07) is 8.46. The van der Waals surface area contributed by atoms with Gasteiger partial charge in [0, 0.05) is 0 Å². The van der Waals surface area contributed by atoms with Crippen LogP contribution in [0.15, 0.2) is 24.3 Å². The zero-order valence-corrected chi connectivity index (χ0v) is 12.6. The van der Waals surface area contributed by atoms with E-state index in [2.05, 4.69) is 38.5 Å². The zero-order valence-electron chi connectivity index (χ0n) is 12.6. The van der Waals surface area contributed by atoms with Gasteiger partial charge in [-0.15, -0.1) is 0 Å². The van der Waals surface area contributed by atoms with E-state index in [-0.39, 0.29) is 17.8 Å². The molecule has 0 amide bonds. The monoisotopic (exact) mass is 301 g/mol. The first kappa shape index (κ1) is 14.7. The molecule has 0 radical (unpaired) electrons. The summed E-state index contributed by atoms with van der Waals surface area (Å²) in [6.45, 7) is 1.75. The number of halogens is 1. The molecule has 0 fully saturated rings. The van der Waals surface area contributed by atoms with Crippen molar-refractivity contribution in [3.63, 3.8) is 0 Å². The van der Waals surface area contributed by atoms with Crippen LogP contribution in [0.1, 0.15) is 55.4 Å². The average Bonchev–Trinajstić information content (AvgIpc) is 2.54. The summed E-state index contributed by atoms with van der Waals surface area (Å²) in [5.41, 5.74) is 8.27. The highest BCUT2D eigenvalue weighted by Gasteiger charge is 2.21. The van der Waals surface area contributed by atoms with Crippen molar-refractivity contribution < 1.29 is 4.39 Å². The van der Waals surface area contributed by atoms with Gasteiger partial charge in [-0.1, -0.05) is 31.2 Å². The van der Waals surface area contributed by atoms with Crippen molar-refractivity contribution in [3.8, 4) is 0 Å². The van der Waals surface area contributed by atoms with Gasteiger partial charge in [-0.2, -0.15) is 15.0 Å². The van der Waals surface area contributed by atoms with Crippen LogP contribution in [0.5, 0.6) is 0 Å². The first-order valence-electron chi connectivity index (χ1n) is 7.67. The SMILES string of the molecule is CCC(F)c1nc(N)nc(N[C@@H]2CCCc3ccccc32)n1. The fraction of sp³-hybridized carbons (Fsp3) is 0.438. The Labute approximate surface area is 129 Å². The summed E-state index contributed by atoms with van der Waals surface area (Å²) < 4.78 is 13.8. The molecular weight excluding hydrogens is 281 g/mol. The van der Waals surface area contributed by atoms with Crippen LogP contribution in [-0.2, 0) is 6.42 Å². The Kier molecular flexibility index (Phi) is 4.18. The van der Waals surface area contributed by atoms with E-state index in [1.807, 2.05) is 6.07 Å². The minimum atomic E-state index is -1.22. The maximum absolute atomic E-state index is 13.8. The molecule has 0 bridgehead atoms. The van der Waals surface area contributed by atoms with E-state index in [0.29, 0.717) is 12.4 Å². The van der Waals surface area contributed by atoms with Crippen molar-refractivity contribution in [2.24, 2.45) is 0 Å². The van der Waals surface area contributed by atoms with E-state index in [0.717, 1.165) is 19.3 Å². The molecule has 1 aliphatic carbocycles. The van der Waals surface area contributed by atoms with E-state index in [1.165, 1.54) is 11.1 Å². The minimum absolute atomic E-state index is 0.0488. The molecule has 1 aliphatic rings. The summed E-state index contributed by atoms with van der Waals surface area (Å²) in [7, 11) is 0. The lowest BCUT2D eigenvalue weighted by molar-refractivity contribution is 0.318. The minimum Gasteiger partial charge on any atom is -0.368 e. The second-order valence-electron chi connectivity index (χ2n) is 5.54. The molecule has 0 aliphatic heterocycles. The Balaban J connectivity index is 1.86. The molecule has 0 saturated heterocycles. The van der Waals surface area contributed by atoms with Crippen molar-refractivity contribution in [1.29, 1.82) is 0 Å². The number of hydrogen-bond acceptors (Lipinski definition) is 5. The molecule has 1 unspecified atom stereocenters. The fourth-order valence-corrected chi connectivity index (χ4v) is 2.86. The van der Waals surface area contributed by atoms with Gasteiger partial charge in [0.05, 0.1) is 6.04 Å². The van der Waals surface area contributed by atoms with Gasteiger partial charge in [0.15, 0.2) is 12.0 Å². The number of aryl methyl sites for hydroxylation is 1. The van der Waals surface area contributed by atoms with Gasteiger partial charge in [0.2, 0.25) is 11.9 Å². The number of hydrogen-bond donors (Lipinski definition) is 2. The van der Waals surface area contributed by atoms with E-state index in [9.17, 15) is 4.39 Å². The second-order valence-corrected chi connectivity index (χ2v) is 5.54. The van der Waals surface area contributed by atoms with Crippen molar-refractivity contribution in [2.75, 3.05) is 11.1 Å². The Morgan fingerprint density at radius 1 is 1.32 bits per heavy atom. The number of nitrogens with two attached hydrogens (primary N) is 1. The third kappa shape index (κ3) is 3.00. The molecule has 2 aromatic rings. The molecule has 22 heavy (non-hydrogen) atoms. The number of alkyl halides is 1. The second kappa shape index (κ2) is 6.25. The van der Waals surface area contributed by atoms with Gasteiger partial charge in [0.1, 0.15) is 0 Å². The highest BCUT2D eigenvalue weighted by Crippen LogP contribution is 2.32. The van der Waals surface area contributed by atoms with Crippen LogP contribution in [0, 0.1) is 0 Å². The lowest BCUT2D eigenvalue weighted by atomic mass is 9.88. The van der Waals surface area contributed by atoms with Gasteiger partial charge in [-0.05, 0) is 36.8 Å². The van der Waals surface area contributed by atoms with Crippen LogP contribution in [0.3, 0.4) is 0 Å². The highest BCUT2D eigenvalue weighted by molar-refractivity contribution is 5.40. The number of nitrogens with zero attached hydrogens (tertiary/aromatic N) is 3. The number of nitrogen functional groups attached to an aromatic ring is 1. The lowest BCUT2D eigenvalue weighted by Crippen LogP contribution is -2.20. The number of aromatic nitrogens is 3. The number of nitrogens with one attached hydrogen (secondary N) is 1. The highest BCUT2D eigenvalue weighted by atomic mass is 19.1. The average molecular weight is 301 g/mol. The number of fused-ring (bicyclic) bond motifs is 1. The first-order valence-corrected chi connectivity index (χ1v) is 7.67. The van der Waals surface area contributed by atoms with E-state index in [1.54, 1.807) is 6.92 Å². The normalized spacial score (nSPS) is 18.5. The predicted molar refractivity (Wildman–Crippen MR) is 84.1 cm³/mol. The summed E-state index contributed by atoms with van der Waals surface area (Å²) in [5, 5.41) is 3.29. The van der Waals surface area contributed by atoms with Crippen molar-refractivity contribution in [2.45, 2.75) is 44.8 Å². The predicted octanol–water partition coefficient (Wildman–Crippen LogP) is 3.36. The quantitative estimate of drug-likeness (QED) is 0.905. The molecule has 116 valence electrons. The lowest BCUT2D eigenvalue weighted by Gasteiger charge is -2.26. The Morgan fingerprint density at radius 2 is 2.14 bits per heavy atom. The van der Waals surface area contributed by atoms with Crippen LogP contribution in [0.25, 0.3) is 0 Å². The van der Waals surface area contributed by atoms with Gasteiger partial charge in [-0.25, -0.2) is 4.39 Å². The smallest absolute Gasteiger partial charge is 0.228 e. The van der Waals surface area contributed by atoms with Crippen LogP contribution >= 0.6 is 0 Å². The summed E-state index contributed by atoms with van der Waals surface area (Å²) in [6.07, 6.45) is 2.27. The maximum atomic E-state index is 13.8. The van der Waals surface area contributed by atoms with Crippen LogP contribution < -0.4 is 11.1 Å². The topological polar surface area (TPSA) is 76.7 Å². The van der Waals surface area contributed by atoms with Gasteiger partial charge >= 0.3 is 0 Å². The summed E-state index contributed by atoms with van der Waals surface area (Å²) in [4.78, 5) is 12.2. The molecule has 6 heteroatoms. The summed E-state index contributed by atoms with van der Waals surface area (Å²) in [5.74, 6) is 0.495. The standard InChI is InChI=1S/C16H20FN5/c1-2-12(17)14-20-15(18)22-16(21-14)19-13-9-5-7-10-6-3-4-8-11(10)13/h3-4,6,8,12-13H,2,5,7,9H2,1H3,(H3,18,19,20,21,22)/t12?,13-/m1/s1. The van der Waals surface area contributed by atoms with Gasteiger partial charge < -0.3 is 11.1 Å². The van der Waals surface area contributed by atoms with E-state index in [4.69, 9.17) is 5.73 Å². The largest absolute Gasteiger partial charge is 0.368 e. The first-order chi connectivity index (χ1) is 10.7. The number of anilines is 2. The van der Waals surface area contributed by atoms with Crippen molar-refractivity contribution in [3.05, 3.63) is 41.2 Å². The molecular formula is C16H20FN5. The van der Waals surface area contributed by atoms with E-state index < -0.39 is 6.17 Å². The number of rotatable bonds is 4. The van der Waals surface area contributed by atoms with Crippen LogP contribution in [0.2, 0.25) is 0 Å². The molecule has 0 saturated carbocycles. The van der Waals surface area contributed by atoms with Crippen LogP contribution in [-0.4, -0.2) is 15.0 Å². The van der Waals surface area contributed by atoms with E-state index >= 15 is 0 Å². The Hall–Kier alpha value is -2.24. The summed E-state index contributed by atoms with van der Waals surface area (Å²) >= 11 is 0. The molecule has 0 spiro atoms. The number of benzene rings is 1. The Morgan fingerprint density at radius 3 is 2.95 bits per heavy atom. The van der Waals surface area contributed by atoms with Gasteiger partial charge in [-0.3, -0.25) is 0 Å². The molecule has 1 heterocycles. The Bertz CT molecular complexity index is 661. The third-order valence-corrected chi connectivity index (χ3v) is 3.98. The van der Waals surface area contributed by atoms with Gasteiger partial charge in [0.25, 0.3) is 0 Å². The third-order valence-electron chi connectivity index (χ3n) is 3.98. The maximum Gasteiger partial charge on any atom is 0.228 e. The van der Waals surface area contributed by atoms with Crippen molar-refractivity contribution in [1.82, 2.24) is 15.0 Å².